The molecule has 89 heavy (non-hydrogen) atoms. The number of primary amides is 1. The first-order chi connectivity index (χ1) is 42.1. The number of H-pyrrole nitrogens is 1. The molecule has 488 valence electrons. The number of thioether (sulfide) groups is 2. The third kappa shape index (κ3) is 25.2. The van der Waals surface area contributed by atoms with Crippen molar-refractivity contribution in [2.75, 3.05) is 43.8 Å². The number of benzene rings is 3. The number of aliphatic carboxylic acids is 1. The van der Waals surface area contributed by atoms with Crippen molar-refractivity contribution in [2.24, 2.45) is 11.5 Å². The minimum absolute atomic E-state index is 0.0586. The number of carboxylic acid groups (broad SMARTS) is 1. The zero-order chi connectivity index (χ0) is 66.0. The Morgan fingerprint density at radius 1 is 0.607 bits per heavy atom. The molecule has 31 nitrogen and oxygen atoms in total. The van der Waals surface area contributed by atoms with Gasteiger partial charge in [-0.1, -0.05) is 60.7 Å². The highest BCUT2D eigenvalue weighted by Gasteiger charge is 2.35. The molecule has 4 rings (SSSR count). The molecule has 0 spiro atoms. The van der Waals surface area contributed by atoms with Gasteiger partial charge in [0.15, 0.2) is 0 Å². The lowest BCUT2D eigenvalue weighted by Gasteiger charge is -2.26. The van der Waals surface area contributed by atoms with Crippen molar-refractivity contribution in [3.63, 3.8) is 0 Å². The normalized spacial score (nSPS) is 15.1. The fourth-order valence-corrected chi connectivity index (χ4v) is 9.82. The fraction of sp³-hybridized carbons (Fsp3) is 0.455. The van der Waals surface area contributed by atoms with Gasteiger partial charge in [-0.05, 0) is 71.7 Å². The van der Waals surface area contributed by atoms with Gasteiger partial charge in [0.05, 0.1) is 32.0 Å². The second kappa shape index (κ2) is 36.5. The molecule has 1 aromatic heterocycles. The summed E-state index contributed by atoms with van der Waals surface area (Å²) in [6, 6.07) is 9.37. The zero-order valence-electron chi connectivity index (χ0n) is 48.1. The molecule has 4 aromatic rings. The summed E-state index contributed by atoms with van der Waals surface area (Å²) in [4.78, 5) is 138. The molecule has 0 aliphatic heterocycles. The molecular weight excluding hydrogens is 1230 g/mol. The Bertz CT molecular complexity index is 3160. The number of carbonyl (C=O) groups excluding carboxylic acids is 9. The lowest BCUT2D eigenvalue weighted by atomic mass is 10.0. The molecule has 19 N–H and O–H groups in total. The van der Waals surface area contributed by atoms with E-state index in [1.165, 1.54) is 35.7 Å². The second-order valence-corrected chi connectivity index (χ2v) is 23.1. The van der Waals surface area contributed by atoms with Gasteiger partial charge in [0.1, 0.15) is 73.0 Å². The molecule has 0 aliphatic carbocycles. The first-order valence-electron chi connectivity index (χ1n) is 27.3. The maximum atomic E-state index is 14.4. The van der Waals surface area contributed by atoms with E-state index in [1.54, 1.807) is 73.3 Å². The van der Waals surface area contributed by atoms with Crippen LogP contribution in [0.1, 0.15) is 42.4 Å². The molecule has 0 radical (unpaired) electrons. The minimum Gasteiger partial charge on any atom is -0.481 e. The standard InChI is InChI=1S/C55H74N10O21S3/c1-87-18-16-36(61-53(79)39(21-30-12-14-32(15-13-30)86-89(82,83)84)64-50(76)34(56)23-46(72)85-28-43(68)48(74)47(73)42(67)27-66)51(77)59-26-44(69)60-40(22-31-25-58-35-11-7-6-10-33(31)35)54(80)62-37(17-19-88-2)52(78)65-41(24-45(70)71)55(81)63-38(49(57)75)20-29-8-4-3-5-9-29/h3-15,25,34,36-43,47-48,58,66-68,73-74H,16-24,26-28,56H2,1-2H3,(H2,57,75)(H,59,77)(H,60,69)(H,61,79)(H,62,80)(H,63,81)(H,64,76)(H,65,78)(H,70,71)(H,82,83,84)/t34-,36-,37-,38-,39-,40-,41-,42+,43-,47+,48+/m0/s1. The van der Waals surface area contributed by atoms with Crippen LogP contribution in [-0.2, 0) is 82.3 Å². The van der Waals surface area contributed by atoms with Crippen molar-refractivity contribution in [1.82, 2.24) is 42.2 Å². The number of aromatic nitrogens is 1. The molecule has 8 amide bonds. The Balaban J connectivity index is 1.54. The van der Waals surface area contributed by atoms with E-state index in [0.717, 1.165) is 12.1 Å². The molecule has 11 atom stereocenters. The Kier molecular flexibility index (Phi) is 30.2. The number of para-hydroxylation sites is 1. The van der Waals surface area contributed by atoms with Gasteiger partial charge in [0.25, 0.3) is 0 Å². The maximum absolute atomic E-state index is 14.4. The summed E-state index contributed by atoms with van der Waals surface area (Å²) in [6.45, 7) is -2.76. The van der Waals surface area contributed by atoms with E-state index in [0.29, 0.717) is 22.0 Å². The molecule has 34 heteroatoms. The molecule has 0 bridgehead atoms. The molecule has 0 saturated heterocycles. The highest BCUT2D eigenvalue weighted by Crippen LogP contribution is 2.20. The van der Waals surface area contributed by atoms with E-state index in [1.807, 2.05) is 0 Å². The van der Waals surface area contributed by atoms with Crippen molar-refractivity contribution >= 4 is 104 Å². The first kappa shape index (κ1) is 73.5. The topological polar surface area (TPSA) is 517 Å². The van der Waals surface area contributed by atoms with E-state index >= 15 is 0 Å². The molecule has 0 unspecified atom stereocenters. The summed E-state index contributed by atoms with van der Waals surface area (Å²) >= 11 is 2.55. The number of hydrogen-bond donors (Lipinski definition) is 17. The van der Waals surface area contributed by atoms with Gasteiger partial charge in [-0.2, -0.15) is 31.9 Å². The fourth-order valence-electron chi connectivity index (χ4n) is 8.52. The minimum atomic E-state index is -4.94. The van der Waals surface area contributed by atoms with Gasteiger partial charge in [-0.25, -0.2) is 0 Å². The van der Waals surface area contributed by atoms with Crippen molar-refractivity contribution in [3.05, 3.63) is 102 Å². The summed E-state index contributed by atoms with van der Waals surface area (Å²) in [5.41, 5.74) is 13.6. The smallest absolute Gasteiger partial charge is 0.446 e. The number of amides is 8. The Morgan fingerprint density at radius 3 is 1.70 bits per heavy atom. The maximum Gasteiger partial charge on any atom is 0.446 e. The number of esters is 1. The summed E-state index contributed by atoms with van der Waals surface area (Å²) in [7, 11) is -4.94. The Hall–Kier alpha value is -7.93. The van der Waals surface area contributed by atoms with Gasteiger partial charge in [0, 0.05) is 36.4 Å². The van der Waals surface area contributed by atoms with Crippen LogP contribution in [0.25, 0.3) is 10.9 Å². The number of carboxylic acids is 1. The van der Waals surface area contributed by atoms with Gasteiger partial charge >= 0.3 is 22.3 Å². The predicted molar refractivity (Wildman–Crippen MR) is 321 cm³/mol. The quantitative estimate of drug-likeness (QED) is 0.0148. The highest BCUT2D eigenvalue weighted by molar-refractivity contribution is 7.98. The van der Waals surface area contributed by atoms with E-state index in [-0.39, 0.29) is 48.5 Å². The Labute approximate surface area is 518 Å². The monoisotopic (exact) mass is 1310 g/mol. The number of fused-ring (bicyclic) bond motifs is 1. The van der Waals surface area contributed by atoms with E-state index in [2.05, 4.69) is 46.4 Å². The lowest BCUT2D eigenvalue weighted by Crippen LogP contribution is -2.59. The van der Waals surface area contributed by atoms with Gasteiger partial charge in [-0.3, -0.25) is 52.5 Å². The molecule has 1 heterocycles. The number of hydrogen-bond acceptors (Lipinski definition) is 22. The van der Waals surface area contributed by atoms with Crippen LogP contribution >= 0.6 is 23.5 Å². The van der Waals surface area contributed by atoms with Crippen LogP contribution < -0.4 is 52.9 Å². The third-order valence-electron chi connectivity index (χ3n) is 13.3. The van der Waals surface area contributed by atoms with Crippen LogP contribution in [0.4, 0.5) is 0 Å². The molecule has 0 fully saturated rings. The first-order valence-corrected chi connectivity index (χ1v) is 31.5. The highest BCUT2D eigenvalue weighted by atomic mass is 32.3. The number of rotatable bonds is 39. The average Bonchev–Trinajstić information content (AvgIpc) is 2.44. The van der Waals surface area contributed by atoms with Crippen molar-refractivity contribution in [3.8, 4) is 5.75 Å². The van der Waals surface area contributed by atoms with E-state index in [4.69, 9.17) is 25.9 Å². The van der Waals surface area contributed by atoms with Gasteiger partial charge in [0.2, 0.25) is 47.3 Å². The van der Waals surface area contributed by atoms with Crippen LogP contribution in [-0.4, -0.2) is 218 Å². The van der Waals surface area contributed by atoms with Crippen molar-refractivity contribution < 1.29 is 100 Å². The molecule has 0 saturated carbocycles. The number of nitrogens with one attached hydrogen (secondary N) is 8. The number of aromatic amines is 1. The number of aliphatic hydroxyl groups is 5. The number of ether oxygens (including phenoxy) is 1. The number of carbonyl (C=O) groups is 10. The van der Waals surface area contributed by atoms with Gasteiger partial charge < -0.3 is 93.2 Å². The Morgan fingerprint density at radius 2 is 1.11 bits per heavy atom. The van der Waals surface area contributed by atoms with Crippen LogP contribution in [0, 0.1) is 0 Å². The largest absolute Gasteiger partial charge is 0.481 e. The van der Waals surface area contributed by atoms with Crippen molar-refractivity contribution in [1.29, 1.82) is 0 Å². The summed E-state index contributed by atoms with van der Waals surface area (Å²) in [5, 5.41) is 76.3. The third-order valence-corrected chi connectivity index (χ3v) is 15.0. The van der Waals surface area contributed by atoms with Crippen LogP contribution in [0.15, 0.2) is 85.1 Å². The van der Waals surface area contributed by atoms with Crippen molar-refractivity contribution in [2.45, 2.75) is 112 Å². The summed E-state index contributed by atoms with van der Waals surface area (Å²) < 4.78 is 41.0. The van der Waals surface area contributed by atoms with E-state index in [9.17, 15) is 81.9 Å². The average molecular weight is 1310 g/mol. The number of aliphatic hydroxyl groups excluding tert-OH is 5. The summed E-state index contributed by atoms with van der Waals surface area (Å²) in [5.74, 6) is -10.5. The lowest BCUT2D eigenvalue weighted by molar-refractivity contribution is -0.157. The zero-order valence-corrected chi connectivity index (χ0v) is 50.6. The number of nitrogens with two attached hydrogens (primary N) is 2. The SMILES string of the molecule is CSCC[C@H](NC(=O)[C@H](Cc1ccc(OS(=O)(=O)O)cc1)NC(=O)[C@@H](N)CC(=O)OC[C@H](O)[C@@H](O)[C@H](O)[C@H](O)CO)C(=O)NCC(=O)N[C@@H](Cc1c[nH]c2ccccc12)C(=O)N[C@@H](CCSC)C(=O)N[C@@H](CC(=O)O)C(=O)N[C@@H](Cc1ccccc1)C(N)=O. The summed E-state index contributed by atoms with van der Waals surface area (Å²) in [6.07, 6.45) is -5.60. The van der Waals surface area contributed by atoms with Crippen LogP contribution in [0.3, 0.4) is 0 Å². The van der Waals surface area contributed by atoms with Crippen LogP contribution in [0.2, 0.25) is 0 Å². The molecule has 3 aromatic carbocycles. The molecule has 0 aliphatic rings. The van der Waals surface area contributed by atoms with Gasteiger partial charge in [-0.15, -0.1) is 0 Å². The van der Waals surface area contributed by atoms with E-state index < -0.39 is 175 Å². The van der Waals surface area contributed by atoms with Crippen LogP contribution in [0.5, 0.6) is 5.75 Å². The molecular formula is C55H74N10O21S3. The second-order valence-electron chi connectivity index (χ2n) is 20.1. The predicted octanol–water partition coefficient (Wildman–Crippen LogP) is -4.43.